The summed E-state index contributed by atoms with van der Waals surface area (Å²) in [6.45, 7) is 4.34. The Kier molecular flexibility index (Phi) is 4.28. The number of carboxylic acid groups (broad SMARTS) is 1. The van der Waals surface area contributed by atoms with Crippen molar-refractivity contribution in [2.24, 2.45) is 0 Å². The van der Waals surface area contributed by atoms with Crippen molar-refractivity contribution in [1.29, 1.82) is 0 Å². The average molecular weight is 293 g/mol. The van der Waals surface area contributed by atoms with E-state index in [9.17, 15) is 14.7 Å². The molecule has 1 atom stereocenters. The highest BCUT2D eigenvalue weighted by molar-refractivity contribution is 7.11. The summed E-state index contributed by atoms with van der Waals surface area (Å²) in [6, 6.07) is 2.00. The van der Waals surface area contributed by atoms with E-state index in [0.29, 0.717) is 19.4 Å². The Bertz CT molecular complexity index is 549. The van der Waals surface area contributed by atoms with Crippen molar-refractivity contribution in [3.63, 3.8) is 0 Å². The number of hydrogen-bond acceptors (Lipinski definition) is 3. The summed E-state index contributed by atoms with van der Waals surface area (Å²) in [5.41, 5.74) is 0.104. The number of amides is 1. The van der Waals surface area contributed by atoms with Crippen LogP contribution >= 0.6 is 11.3 Å². The molecule has 1 fully saturated rings. The monoisotopic (exact) mass is 293 g/mol. The molecule has 0 saturated carbocycles. The first kappa shape index (κ1) is 14.8. The van der Waals surface area contributed by atoms with Gasteiger partial charge < -0.3 is 10.0 Å². The van der Waals surface area contributed by atoms with Gasteiger partial charge in [0.2, 0.25) is 5.91 Å². The molecule has 0 bridgehead atoms. The van der Waals surface area contributed by atoms with Crippen LogP contribution in [0.2, 0.25) is 0 Å². The van der Waals surface area contributed by atoms with Crippen molar-refractivity contribution in [2.75, 3.05) is 6.54 Å². The lowest BCUT2D eigenvalue weighted by Gasteiger charge is -2.33. The van der Waals surface area contributed by atoms with Gasteiger partial charge in [-0.3, -0.25) is 4.79 Å². The Morgan fingerprint density at radius 1 is 1.55 bits per heavy atom. The van der Waals surface area contributed by atoms with Crippen LogP contribution in [0.4, 0.5) is 0 Å². The van der Waals surface area contributed by atoms with Crippen LogP contribution in [0.1, 0.15) is 36.6 Å². The van der Waals surface area contributed by atoms with E-state index in [0.717, 1.165) is 16.9 Å². The van der Waals surface area contributed by atoms with Crippen molar-refractivity contribution in [3.8, 4) is 0 Å². The zero-order valence-corrected chi connectivity index (χ0v) is 12.6. The van der Waals surface area contributed by atoms with Crippen molar-refractivity contribution in [3.05, 3.63) is 28.0 Å². The van der Waals surface area contributed by atoms with E-state index >= 15 is 0 Å². The Labute approximate surface area is 122 Å². The molecule has 2 heterocycles. The SMILES string of the molecule is CCC1(C(=O)O)CCCN1C(=O)/C=C/c1sccc1C. The second kappa shape index (κ2) is 5.79. The lowest BCUT2D eigenvalue weighted by molar-refractivity contribution is -0.155. The molecule has 1 amide bonds. The molecule has 0 aromatic carbocycles. The van der Waals surface area contributed by atoms with Gasteiger partial charge in [0.05, 0.1) is 0 Å². The van der Waals surface area contributed by atoms with Gasteiger partial charge in [0.25, 0.3) is 0 Å². The molecule has 1 aliphatic heterocycles. The molecule has 0 aliphatic carbocycles. The molecule has 1 aromatic heterocycles. The van der Waals surface area contributed by atoms with Crippen LogP contribution in [0.15, 0.2) is 17.5 Å². The summed E-state index contributed by atoms with van der Waals surface area (Å²) in [7, 11) is 0. The summed E-state index contributed by atoms with van der Waals surface area (Å²) in [4.78, 5) is 26.4. The number of rotatable bonds is 4. The van der Waals surface area contributed by atoms with Crippen LogP contribution in [0.3, 0.4) is 0 Å². The van der Waals surface area contributed by atoms with E-state index in [4.69, 9.17) is 0 Å². The highest BCUT2D eigenvalue weighted by Gasteiger charge is 2.47. The second-order valence-electron chi connectivity index (χ2n) is 5.08. The quantitative estimate of drug-likeness (QED) is 0.868. The van der Waals surface area contributed by atoms with Crippen LogP contribution in [-0.2, 0) is 9.59 Å². The lowest BCUT2D eigenvalue weighted by Crippen LogP contribution is -2.52. The molecule has 1 saturated heterocycles. The van der Waals surface area contributed by atoms with Crippen molar-refractivity contribution in [2.45, 2.75) is 38.6 Å². The maximum absolute atomic E-state index is 12.3. The van der Waals surface area contributed by atoms with Gasteiger partial charge in [0, 0.05) is 17.5 Å². The molecule has 4 nitrogen and oxygen atoms in total. The molecule has 1 unspecified atom stereocenters. The largest absolute Gasteiger partial charge is 0.479 e. The van der Waals surface area contributed by atoms with E-state index in [2.05, 4.69) is 0 Å². The fourth-order valence-electron chi connectivity index (χ4n) is 2.73. The first-order valence-corrected chi connectivity index (χ1v) is 7.66. The fourth-order valence-corrected chi connectivity index (χ4v) is 3.55. The van der Waals surface area contributed by atoms with Crippen molar-refractivity contribution < 1.29 is 14.7 Å². The highest BCUT2D eigenvalue weighted by Crippen LogP contribution is 2.33. The van der Waals surface area contributed by atoms with Gasteiger partial charge >= 0.3 is 5.97 Å². The van der Waals surface area contributed by atoms with Gasteiger partial charge in [-0.05, 0) is 49.3 Å². The first-order chi connectivity index (χ1) is 9.51. The number of thiophene rings is 1. The predicted molar refractivity (Wildman–Crippen MR) is 79.7 cm³/mol. The number of likely N-dealkylation sites (tertiary alicyclic amines) is 1. The number of nitrogens with zero attached hydrogens (tertiary/aromatic N) is 1. The molecule has 20 heavy (non-hydrogen) atoms. The van der Waals surface area contributed by atoms with E-state index in [-0.39, 0.29) is 5.91 Å². The normalized spacial score (nSPS) is 22.6. The summed E-state index contributed by atoms with van der Waals surface area (Å²) < 4.78 is 0. The topological polar surface area (TPSA) is 57.6 Å². The molecule has 1 N–H and O–H groups in total. The van der Waals surface area contributed by atoms with Crippen molar-refractivity contribution in [1.82, 2.24) is 4.90 Å². The van der Waals surface area contributed by atoms with E-state index in [1.165, 1.54) is 11.0 Å². The molecular formula is C15H19NO3S. The minimum atomic E-state index is -1.02. The number of hydrogen-bond donors (Lipinski definition) is 1. The maximum atomic E-state index is 12.3. The van der Waals surface area contributed by atoms with Gasteiger partial charge in [-0.25, -0.2) is 4.79 Å². The molecular weight excluding hydrogens is 274 g/mol. The third-order valence-electron chi connectivity index (χ3n) is 4.02. The van der Waals surface area contributed by atoms with Gasteiger partial charge in [-0.15, -0.1) is 11.3 Å². The zero-order chi connectivity index (χ0) is 14.8. The second-order valence-corrected chi connectivity index (χ2v) is 6.03. The van der Waals surface area contributed by atoms with Gasteiger partial charge in [0.1, 0.15) is 5.54 Å². The zero-order valence-electron chi connectivity index (χ0n) is 11.8. The minimum Gasteiger partial charge on any atom is -0.479 e. The smallest absolute Gasteiger partial charge is 0.329 e. The molecule has 5 heteroatoms. The van der Waals surface area contributed by atoms with E-state index in [1.807, 2.05) is 25.3 Å². The Balaban J connectivity index is 2.18. The van der Waals surface area contributed by atoms with Crippen LogP contribution in [0, 0.1) is 6.92 Å². The number of carbonyl (C=O) groups excluding carboxylic acids is 1. The molecule has 0 spiro atoms. The number of carboxylic acids is 1. The summed E-state index contributed by atoms with van der Waals surface area (Å²) in [5, 5.41) is 11.4. The summed E-state index contributed by atoms with van der Waals surface area (Å²) in [5.74, 6) is -1.11. The van der Waals surface area contributed by atoms with Crippen LogP contribution in [0.25, 0.3) is 6.08 Å². The number of carbonyl (C=O) groups is 2. The average Bonchev–Trinajstić information content (AvgIpc) is 3.02. The Morgan fingerprint density at radius 2 is 2.30 bits per heavy atom. The van der Waals surface area contributed by atoms with Gasteiger partial charge in [-0.2, -0.15) is 0 Å². The summed E-state index contributed by atoms with van der Waals surface area (Å²) >= 11 is 1.57. The molecule has 108 valence electrons. The van der Waals surface area contributed by atoms with Crippen LogP contribution in [0.5, 0.6) is 0 Å². The number of aryl methyl sites for hydroxylation is 1. The molecule has 1 aliphatic rings. The standard InChI is InChI=1S/C15H19NO3S/c1-3-15(14(18)19)8-4-9-16(15)13(17)6-5-12-11(2)7-10-20-12/h5-7,10H,3-4,8-9H2,1-2H3,(H,18,19)/b6-5+. The van der Waals surface area contributed by atoms with E-state index < -0.39 is 11.5 Å². The van der Waals surface area contributed by atoms with E-state index in [1.54, 1.807) is 17.4 Å². The Hall–Kier alpha value is -1.62. The first-order valence-electron chi connectivity index (χ1n) is 6.78. The van der Waals surface area contributed by atoms with Crippen LogP contribution < -0.4 is 0 Å². The molecule has 0 radical (unpaired) electrons. The Morgan fingerprint density at radius 3 is 2.85 bits per heavy atom. The third kappa shape index (κ3) is 2.50. The highest BCUT2D eigenvalue weighted by atomic mass is 32.1. The summed E-state index contributed by atoms with van der Waals surface area (Å²) in [6.07, 6.45) is 5.01. The van der Waals surface area contributed by atoms with Crippen molar-refractivity contribution >= 4 is 29.3 Å². The third-order valence-corrected chi connectivity index (χ3v) is 5.00. The lowest BCUT2D eigenvalue weighted by atomic mass is 9.93. The van der Waals surface area contributed by atoms with Gasteiger partial charge in [0.15, 0.2) is 0 Å². The minimum absolute atomic E-state index is 0.209. The van der Waals surface area contributed by atoms with Gasteiger partial charge in [-0.1, -0.05) is 6.92 Å². The fraction of sp³-hybridized carbons (Fsp3) is 0.467. The number of aliphatic carboxylic acids is 1. The predicted octanol–water partition coefficient (Wildman–Crippen LogP) is 2.93. The maximum Gasteiger partial charge on any atom is 0.329 e. The molecule has 1 aromatic rings. The molecule has 2 rings (SSSR count). The van der Waals surface area contributed by atoms with Crippen LogP contribution in [-0.4, -0.2) is 34.0 Å².